The molecule has 1 aliphatic carbocycles. The van der Waals surface area contributed by atoms with Crippen molar-refractivity contribution in [2.45, 2.75) is 31.8 Å². The zero-order valence-corrected chi connectivity index (χ0v) is 17.2. The van der Waals surface area contributed by atoms with Crippen LogP contribution in [-0.4, -0.2) is 40.9 Å². The topological polar surface area (TPSA) is 54.3 Å². The lowest BCUT2D eigenvalue weighted by molar-refractivity contribution is -0.132. The van der Waals surface area contributed by atoms with Crippen LogP contribution in [0, 0.1) is 11.8 Å². The largest absolute Gasteiger partial charge is 0.356 e. The van der Waals surface area contributed by atoms with Gasteiger partial charge in [-0.15, -0.1) is 0 Å². The molecule has 5 rings (SSSR count). The predicted octanol–water partition coefficient (Wildman–Crippen LogP) is 3.82. The number of likely N-dealkylation sites (N-methyl/N-ethyl adjacent to an activating group) is 1. The van der Waals surface area contributed by atoms with Gasteiger partial charge in [0, 0.05) is 52.9 Å². The molecule has 2 fully saturated rings. The molecule has 0 unspecified atom stereocenters. The lowest BCUT2D eigenvalue weighted by Gasteiger charge is -2.25. The third-order valence-electron chi connectivity index (χ3n) is 6.79. The number of para-hydroxylation sites is 1. The van der Waals surface area contributed by atoms with Crippen LogP contribution in [0.1, 0.15) is 19.3 Å². The number of piperidine rings is 1. The maximum atomic E-state index is 13.2. The highest BCUT2D eigenvalue weighted by Gasteiger charge is 2.40. The fourth-order valence-corrected chi connectivity index (χ4v) is 5.37. The third-order valence-corrected chi connectivity index (χ3v) is 7.03. The quantitative estimate of drug-likeness (QED) is 0.714. The molecule has 0 bridgehead atoms. The number of carbonyl (C=O) groups excluding carboxylic acids is 2. The maximum absolute atomic E-state index is 13.2. The van der Waals surface area contributed by atoms with Crippen LogP contribution < -0.4 is 5.32 Å². The van der Waals surface area contributed by atoms with Crippen LogP contribution in [0.25, 0.3) is 21.8 Å². The Labute approximate surface area is 174 Å². The first-order chi connectivity index (χ1) is 14.0. The third kappa shape index (κ3) is 3.18. The highest BCUT2D eigenvalue weighted by molar-refractivity contribution is 6.31. The molecule has 3 atom stereocenters. The summed E-state index contributed by atoms with van der Waals surface area (Å²) < 4.78 is 2.09. The monoisotopic (exact) mass is 409 g/mol. The average molecular weight is 410 g/mol. The van der Waals surface area contributed by atoms with Crippen LogP contribution in [0.2, 0.25) is 5.02 Å². The Morgan fingerprint density at radius 3 is 2.76 bits per heavy atom. The molecule has 1 N–H and O–H groups in total. The first kappa shape index (κ1) is 18.5. The minimum atomic E-state index is 0.102. The van der Waals surface area contributed by atoms with Gasteiger partial charge in [-0.25, -0.2) is 0 Å². The average Bonchev–Trinajstić information content (AvgIpc) is 3.26. The Hall–Kier alpha value is -2.53. The summed E-state index contributed by atoms with van der Waals surface area (Å²) in [4.78, 5) is 26.8. The number of hydrogen-bond donors (Lipinski definition) is 1. The van der Waals surface area contributed by atoms with E-state index in [0.717, 1.165) is 41.2 Å². The van der Waals surface area contributed by atoms with E-state index in [1.54, 1.807) is 0 Å². The van der Waals surface area contributed by atoms with Crippen molar-refractivity contribution in [2.75, 3.05) is 13.6 Å². The summed E-state index contributed by atoms with van der Waals surface area (Å²) >= 11 is 6.23. The van der Waals surface area contributed by atoms with Crippen LogP contribution in [-0.2, 0) is 16.1 Å². The zero-order valence-electron chi connectivity index (χ0n) is 16.4. The van der Waals surface area contributed by atoms with E-state index >= 15 is 0 Å². The number of amides is 2. The van der Waals surface area contributed by atoms with E-state index in [9.17, 15) is 9.59 Å². The van der Waals surface area contributed by atoms with Gasteiger partial charge in [0.25, 0.3) is 0 Å². The highest BCUT2D eigenvalue weighted by Crippen LogP contribution is 2.38. The summed E-state index contributed by atoms with van der Waals surface area (Å²) in [6, 6.07) is 14.2. The van der Waals surface area contributed by atoms with E-state index in [4.69, 9.17) is 11.6 Å². The van der Waals surface area contributed by atoms with Gasteiger partial charge in [0.2, 0.25) is 11.8 Å². The van der Waals surface area contributed by atoms with Crippen molar-refractivity contribution in [2.24, 2.45) is 11.8 Å². The van der Waals surface area contributed by atoms with Crippen molar-refractivity contribution in [1.82, 2.24) is 14.8 Å². The lowest BCUT2D eigenvalue weighted by Crippen LogP contribution is -2.38. The van der Waals surface area contributed by atoms with Gasteiger partial charge in [-0.1, -0.05) is 29.8 Å². The van der Waals surface area contributed by atoms with Gasteiger partial charge in [0.15, 0.2) is 0 Å². The van der Waals surface area contributed by atoms with Crippen LogP contribution >= 0.6 is 11.6 Å². The van der Waals surface area contributed by atoms with Crippen LogP contribution in [0.4, 0.5) is 0 Å². The number of hydrogen-bond acceptors (Lipinski definition) is 2. The molecule has 2 aromatic carbocycles. The van der Waals surface area contributed by atoms with Gasteiger partial charge in [0.05, 0.1) is 0 Å². The van der Waals surface area contributed by atoms with E-state index in [1.807, 2.05) is 42.3 Å². The Balaban J connectivity index is 1.42. The van der Waals surface area contributed by atoms with Crippen molar-refractivity contribution in [3.05, 3.63) is 47.5 Å². The molecule has 150 valence electrons. The number of rotatable bonds is 3. The predicted molar refractivity (Wildman–Crippen MR) is 115 cm³/mol. The summed E-state index contributed by atoms with van der Waals surface area (Å²) in [5.41, 5.74) is 2.06. The molecule has 3 aromatic rings. The number of carbonyl (C=O) groups is 2. The second-order valence-electron chi connectivity index (χ2n) is 8.42. The normalized spacial score (nSPS) is 23.9. The smallest absolute Gasteiger partial charge is 0.242 e. The molecule has 1 aliphatic heterocycles. The van der Waals surface area contributed by atoms with Crippen molar-refractivity contribution in [1.29, 1.82) is 0 Å². The highest BCUT2D eigenvalue weighted by atomic mass is 35.5. The van der Waals surface area contributed by atoms with Crippen LogP contribution in [0.15, 0.2) is 42.5 Å². The Bertz CT molecular complexity index is 1120. The number of nitrogens with one attached hydrogen (secondary N) is 1. The van der Waals surface area contributed by atoms with E-state index in [-0.39, 0.29) is 17.9 Å². The summed E-state index contributed by atoms with van der Waals surface area (Å²) in [5.74, 6) is 1.14. The van der Waals surface area contributed by atoms with E-state index in [1.165, 1.54) is 0 Å². The molecule has 0 spiro atoms. The molecule has 1 saturated heterocycles. The number of benzene rings is 2. The van der Waals surface area contributed by atoms with Gasteiger partial charge < -0.3 is 14.8 Å². The fraction of sp³-hybridized carbons (Fsp3) is 0.391. The molecule has 2 aliphatic rings. The molecule has 1 aromatic heterocycles. The molecular formula is C23H24ClN3O2. The molecule has 5 nitrogen and oxygen atoms in total. The van der Waals surface area contributed by atoms with E-state index in [0.29, 0.717) is 29.8 Å². The van der Waals surface area contributed by atoms with E-state index in [2.05, 4.69) is 22.0 Å². The molecule has 6 heteroatoms. The molecule has 0 radical (unpaired) electrons. The number of nitrogens with zero attached hydrogens (tertiary/aromatic N) is 2. The van der Waals surface area contributed by atoms with Crippen molar-refractivity contribution in [3.63, 3.8) is 0 Å². The van der Waals surface area contributed by atoms with Crippen molar-refractivity contribution < 1.29 is 9.59 Å². The van der Waals surface area contributed by atoms with Gasteiger partial charge in [-0.05, 0) is 48.9 Å². The Morgan fingerprint density at radius 1 is 1.14 bits per heavy atom. The molecule has 29 heavy (non-hydrogen) atoms. The summed E-state index contributed by atoms with van der Waals surface area (Å²) in [5, 5.41) is 5.84. The summed E-state index contributed by atoms with van der Waals surface area (Å²) in [6.07, 6.45) is 2.48. The lowest BCUT2D eigenvalue weighted by atomic mass is 9.89. The minimum absolute atomic E-state index is 0.102. The first-order valence-corrected chi connectivity index (χ1v) is 10.6. The molecular weight excluding hydrogens is 386 g/mol. The Morgan fingerprint density at radius 2 is 1.90 bits per heavy atom. The van der Waals surface area contributed by atoms with Crippen LogP contribution in [0.5, 0.6) is 0 Å². The molecule has 2 heterocycles. The number of halogens is 1. The van der Waals surface area contributed by atoms with Gasteiger partial charge in [-0.3, -0.25) is 9.59 Å². The SMILES string of the molecule is CN(C(=O)Cn1c2ccccc2c2cc(Cl)ccc21)[C@H]1C[C@H]2CNC(=O)C[C@H]2C1. The standard InChI is InChI=1S/C23H24ClN3O2/c1-26(17-8-14-10-22(28)25-12-15(14)9-17)23(29)13-27-20-5-3-2-4-18(20)19-11-16(24)6-7-21(19)27/h2-7,11,14-15,17H,8-10,12-13H2,1H3,(H,25,28)/t14-,15+,17-/m1/s1. The zero-order chi connectivity index (χ0) is 20.1. The van der Waals surface area contributed by atoms with Gasteiger partial charge in [-0.2, -0.15) is 0 Å². The van der Waals surface area contributed by atoms with Crippen molar-refractivity contribution in [3.8, 4) is 0 Å². The number of fused-ring (bicyclic) bond motifs is 4. The minimum Gasteiger partial charge on any atom is -0.356 e. The maximum Gasteiger partial charge on any atom is 0.242 e. The second kappa shape index (κ2) is 7.06. The van der Waals surface area contributed by atoms with Crippen molar-refractivity contribution >= 4 is 45.2 Å². The van der Waals surface area contributed by atoms with Crippen LogP contribution in [0.3, 0.4) is 0 Å². The molecule has 2 amide bonds. The fourth-order valence-electron chi connectivity index (χ4n) is 5.20. The van der Waals surface area contributed by atoms with Gasteiger partial charge >= 0.3 is 0 Å². The molecule has 1 saturated carbocycles. The Kier molecular flexibility index (Phi) is 4.50. The number of aromatic nitrogens is 1. The first-order valence-electron chi connectivity index (χ1n) is 10.2. The summed E-state index contributed by atoms with van der Waals surface area (Å²) in [7, 11) is 1.91. The van der Waals surface area contributed by atoms with Gasteiger partial charge in [0.1, 0.15) is 6.54 Å². The summed E-state index contributed by atoms with van der Waals surface area (Å²) in [6.45, 7) is 1.04. The second-order valence-corrected chi connectivity index (χ2v) is 8.86. The van der Waals surface area contributed by atoms with E-state index < -0.39 is 0 Å².